The Morgan fingerprint density at radius 2 is 1.94 bits per heavy atom. The van der Waals surface area contributed by atoms with Gasteiger partial charge in [0.1, 0.15) is 17.0 Å². The number of anilines is 2. The zero-order valence-corrected chi connectivity index (χ0v) is 21.3. The lowest BCUT2D eigenvalue weighted by Gasteiger charge is -2.32. The zero-order chi connectivity index (χ0) is 25.3. The summed E-state index contributed by atoms with van der Waals surface area (Å²) >= 11 is 0. The van der Waals surface area contributed by atoms with Gasteiger partial charge in [0.05, 0.1) is 25.3 Å². The molecule has 2 heterocycles. The smallest absolute Gasteiger partial charge is 0.225 e. The Labute approximate surface area is 207 Å². The van der Waals surface area contributed by atoms with Crippen molar-refractivity contribution in [2.45, 2.75) is 58.5 Å². The minimum Gasteiger partial charge on any atom is -0.497 e. The average Bonchev–Trinajstić information content (AvgIpc) is 2.86. The maximum Gasteiger partial charge on any atom is 0.225 e. The number of methoxy groups -OCH3 is 2. The second-order valence-corrected chi connectivity index (χ2v) is 8.85. The van der Waals surface area contributed by atoms with Gasteiger partial charge in [-0.3, -0.25) is 9.78 Å². The minimum absolute atomic E-state index is 0.0602. The van der Waals surface area contributed by atoms with Crippen molar-refractivity contribution in [1.82, 2.24) is 20.3 Å². The van der Waals surface area contributed by atoms with Gasteiger partial charge in [-0.05, 0) is 37.6 Å². The number of pyridine rings is 1. The fourth-order valence-electron chi connectivity index (χ4n) is 3.87. The van der Waals surface area contributed by atoms with Crippen LogP contribution in [0.15, 0.2) is 36.5 Å². The molecular weight excluding hydrogens is 444 g/mol. The molecular formula is C26H36N6O3. The molecule has 2 aromatic heterocycles. The van der Waals surface area contributed by atoms with E-state index in [2.05, 4.69) is 39.8 Å². The van der Waals surface area contributed by atoms with Crippen LogP contribution in [0.5, 0.6) is 11.5 Å². The number of aromatic nitrogens is 3. The Morgan fingerprint density at radius 3 is 2.66 bits per heavy atom. The molecule has 9 heteroatoms. The third-order valence-electron chi connectivity index (χ3n) is 5.87. The largest absolute Gasteiger partial charge is 0.497 e. The molecule has 0 spiro atoms. The molecule has 3 rings (SSSR count). The Bertz CT molecular complexity index is 1140. The SMILES string of the molecule is CCCCCC(C)(CNC(C)=O)Nc1nc(NCc2ccc(OC)cc2OC)nc2cccnc12. The molecule has 1 amide bonds. The Morgan fingerprint density at radius 1 is 1.11 bits per heavy atom. The zero-order valence-electron chi connectivity index (χ0n) is 21.3. The molecule has 0 bridgehead atoms. The molecule has 0 saturated heterocycles. The molecule has 3 aromatic rings. The highest BCUT2D eigenvalue weighted by atomic mass is 16.5. The molecule has 0 radical (unpaired) electrons. The minimum atomic E-state index is -0.393. The first-order valence-electron chi connectivity index (χ1n) is 12.0. The second kappa shape index (κ2) is 12.2. The first-order chi connectivity index (χ1) is 16.9. The number of rotatable bonds is 13. The van der Waals surface area contributed by atoms with E-state index in [0.29, 0.717) is 30.4 Å². The molecule has 0 fully saturated rings. The molecule has 1 aromatic carbocycles. The molecule has 35 heavy (non-hydrogen) atoms. The summed E-state index contributed by atoms with van der Waals surface area (Å²) in [6.45, 7) is 6.76. The first kappa shape index (κ1) is 26.0. The summed E-state index contributed by atoms with van der Waals surface area (Å²) < 4.78 is 10.8. The van der Waals surface area contributed by atoms with E-state index >= 15 is 0 Å². The lowest BCUT2D eigenvalue weighted by molar-refractivity contribution is -0.119. The van der Waals surface area contributed by atoms with Crippen LogP contribution >= 0.6 is 0 Å². The van der Waals surface area contributed by atoms with E-state index < -0.39 is 5.54 Å². The third kappa shape index (κ3) is 7.18. The molecule has 0 aliphatic rings. The van der Waals surface area contributed by atoms with Crippen LogP contribution in [0.4, 0.5) is 11.8 Å². The van der Waals surface area contributed by atoms with Gasteiger partial charge in [0, 0.05) is 37.8 Å². The number of amides is 1. The second-order valence-electron chi connectivity index (χ2n) is 8.85. The predicted octanol–water partition coefficient (Wildman–Crippen LogP) is 4.54. The highest BCUT2D eigenvalue weighted by Gasteiger charge is 2.26. The number of nitrogens with one attached hydrogen (secondary N) is 3. The molecule has 1 atom stereocenters. The molecule has 0 saturated carbocycles. The van der Waals surface area contributed by atoms with Crippen molar-refractivity contribution >= 4 is 28.7 Å². The lowest BCUT2D eigenvalue weighted by atomic mass is 9.94. The third-order valence-corrected chi connectivity index (χ3v) is 5.87. The van der Waals surface area contributed by atoms with Crippen molar-refractivity contribution in [3.63, 3.8) is 0 Å². The van der Waals surface area contributed by atoms with E-state index in [1.54, 1.807) is 20.4 Å². The monoisotopic (exact) mass is 480 g/mol. The number of carbonyl (C=O) groups is 1. The normalized spacial score (nSPS) is 12.6. The van der Waals surface area contributed by atoms with Crippen LogP contribution in [0.1, 0.15) is 52.0 Å². The molecule has 1 unspecified atom stereocenters. The summed E-state index contributed by atoms with van der Waals surface area (Å²) in [5, 5.41) is 9.85. The van der Waals surface area contributed by atoms with Gasteiger partial charge in [-0.2, -0.15) is 4.98 Å². The van der Waals surface area contributed by atoms with Crippen molar-refractivity contribution in [3.8, 4) is 11.5 Å². The summed E-state index contributed by atoms with van der Waals surface area (Å²) in [7, 11) is 3.26. The average molecular weight is 481 g/mol. The highest BCUT2D eigenvalue weighted by Crippen LogP contribution is 2.28. The number of carbonyl (C=O) groups excluding carboxylic acids is 1. The quantitative estimate of drug-likeness (QED) is 0.306. The van der Waals surface area contributed by atoms with Gasteiger partial charge >= 0.3 is 0 Å². The van der Waals surface area contributed by atoms with Gasteiger partial charge < -0.3 is 25.4 Å². The van der Waals surface area contributed by atoms with Gasteiger partial charge in [-0.25, -0.2) is 4.98 Å². The number of fused-ring (bicyclic) bond motifs is 1. The van der Waals surface area contributed by atoms with E-state index in [9.17, 15) is 4.79 Å². The van der Waals surface area contributed by atoms with Gasteiger partial charge in [0.15, 0.2) is 5.82 Å². The van der Waals surface area contributed by atoms with Crippen LogP contribution < -0.4 is 25.4 Å². The Balaban J connectivity index is 1.88. The summed E-state index contributed by atoms with van der Waals surface area (Å²) in [6, 6.07) is 9.45. The first-order valence-corrected chi connectivity index (χ1v) is 12.0. The topological polar surface area (TPSA) is 110 Å². The summed E-state index contributed by atoms with van der Waals surface area (Å²) in [5.74, 6) is 2.49. The van der Waals surface area contributed by atoms with E-state index in [1.807, 2.05) is 30.3 Å². The predicted molar refractivity (Wildman–Crippen MR) is 139 cm³/mol. The maximum absolute atomic E-state index is 11.6. The van der Waals surface area contributed by atoms with Crippen LogP contribution in [0, 0.1) is 0 Å². The summed E-state index contributed by atoms with van der Waals surface area (Å²) in [6.07, 6.45) is 5.89. The van der Waals surface area contributed by atoms with Crippen LogP contribution in [0.25, 0.3) is 11.0 Å². The number of hydrogen-bond donors (Lipinski definition) is 3. The lowest BCUT2D eigenvalue weighted by Crippen LogP contribution is -2.46. The molecule has 0 aliphatic carbocycles. The number of ether oxygens (including phenoxy) is 2. The van der Waals surface area contributed by atoms with Gasteiger partial charge in [-0.15, -0.1) is 0 Å². The van der Waals surface area contributed by atoms with E-state index in [4.69, 9.17) is 14.5 Å². The number of hydrogen-bond acceptors (Lipinski definition) is 8. The fourth-order valence-corrected chi connectivity index (χ4v) is 3.87. The standard InChI is InChI=1S/C26H36N6O3/c1-6-7-8-13-26(3,17-29-18(2)33)32-24-23-21(10-9-14-27-23)30-25(31-24)28-16-19-11-12-20(34-4)15-22(19)35-5/h9-12,14-15H,6-8,13,16-17H2,1-5H3,(H,29,33)(H2,28,30,31,32). The van der Waals surface area contributed by atoms with Crippen molar-refractivity contribution in [3.05, 3.63) is 42.1 Å². The molecule has 3 N–H and O–H groups in total. The van der Waals surface area contributed by atoms with E-state index in [0.717, 1.165) is 48.3 Å². The van der Waals surface area contributed by atoms with Crippen molar-refractivity contribution in [1.29, 1.82) is 0 Å². The van der Waals surface area contributed by atoms with Gasteiger partial charge in [-0.1, -0.05) is 26.2 Å². The number of nitrogens with zero attached hydrogens (tertiary/aromatic N) is 3. The summed E-state index contributed by atoms with van der Waals surface area (Å²) in [5.41, 5.74) is 1.97. The molecule has 188 valence electrons. The Kier molecular flexibility index (Phi) is 9.05. The van der Waals surface area contributed by atoms with E-state index in [-0.39, 0.29) is 5.91 Å². The van der Waals surface area contributed by atoms with Gasteiger partial charge in [0.2, 0.25) is 11.9 Å². The highest BCUT2D eigenvalue weighted by molar-refractivity contribution is 5.86. The fraction of sp³-hybridized carbons (Fsp3) is 0.462. The van der Waals surface area contributed by atoms with Crippen LogP contribution in [-0.2, 0) is 11.3 Å². The Hall–Kier alpha value is -3.62. The van der Waals surface area contributed by atoms with Crippen LogP contribution in [0.2, 0.25) is 0 Å². The van der Waals surface area contributed by atoms with Crippen molar-refractivity contribution in [2.75, 3.05) is 31.4 Å². The van der Waals surface area contributed by atoms with E-state index in [1.165, 1.54) is 6.92 Å². The van der Waals surface area contributed by atoms with Gasteiger partial charge in [0.25, 0.3) is 0 Å². The molecule has 9 nitrogen and oxygen atoms in total. The maximum atomic E-state index is 11.6. The number of benzene rings is 1. The number of unbranched alkanes of at least 4 members (excludes halogenated alkanes) is 2. The van der Waals surface area contributed by atoms with Crippen LogP contribution in [0.3, 0.4) is 0 Å². The van der Waals surface area contributed by atoms with Crippen molar-refractivity contribution in [2.24, 2.45) is 0 Å². The van der Waals surface area contributed by atoms with Crippen molar-refractivity contribution < 1.29 is 14.3 Å². The molecule has 0 aliphatic heterocycles. The van der Waals surface area contributed by atoms with Crippen LogP contribution in [-0.4, -0.2) is 47.2 Å². The summed E-state index contributed by atoms with van der Waals surface area (Å²) in [4.78, 5) is 25.6.